The number of nitrogens with zero attached hydrogens (tertiary/aromatic N) is 3. The van der Waals surface area contributed by atoms with Crippen LogP contribution in [0.15, 0.2) is 24.5 Å². The maximum absolute atomic E-state index is 13.1. The van der Waals surface area contributed by atoms with Crippen LogP contribution in [-0.4, -0.2) is 21.1 Å². The summed E-state index contributed by atoms with van der Waals surface area (Å²) in [6.45, 7) is 0. The third kappa shape index (κ3) is 1.61. The van der Waals surface area contributed by atoms with Gasteiger partial charge in [0.2, 0.25) is 5.82 Å². The van der Waals surface area contributed by atoms with Crippen molar-refractivity contribution < 1.29 is 9.18 Å². The number of benzene rings is 1. The van der Waals surface area contributed by atoms with Gasteiger partial charge >= 0.3 is 0 Å². The lowest BCUT2D eigenvalue weighted by molar-refractivity contribution is 0.111. The van der Waals surface area contributed by atoms with Gasteiger partial charge in [0.25, 0.3) is 0 Å². The Labute approximate surface area is 89.3 Å². The lowest BCUT2D eigenvalue weighted by atomic mass is 10.3. The van der Waals surface area contributed by atoms with Crippen molar-refractivity contribution in [2.24, 2.45) is 0 Å². The SMILES string of the molecule is O=Cc1nncn1-c1cccc(F)c1Cl. The Kier molecular flexibility index (Phi) is 2.47. The van der Waals surface area contributed by atoms with Crippen molar-refractivity contribution in [2.75, 3.05) is 0 Å². The van der Waals surface area contributed by atoms with Crippen LogP contribution in [0.25, 0.3) is 5.69 Å². The number of aldehydes is 1. The molecule has 0 amide bonds. The molecular weight excluding hydrogens is 221 g/mol. The molecule has 76 valence electrons. The Morgan fingerprint density at radius 2 is 2.27 bits per heavy atom. The second-order valence-electron chi connectivity index (χ2n) is 2.75. The summed E-state index contributed by atoms with van der Waals surface area (Å²) in [4.78, 5) is 10.6. The molecule has 2 rings (SSSR count). The van der Waals surface area contributed by atoms with Crippen molar-refractivity contribution in [1.29, 1.82) is 0 Å². The minimum atomic E-state index is -0.556. The maximum atomic E-state index is 13.1. The molecule has 0 aliphatic heterocycles. The third-order valence-electron chi connectivity index (χ3n) is 1.87. The number of aromatic nitrogens is 3. The van der Waals surface area contributed by atoms with Gasteiger partial charge in [-0.2, -0.15) is 0 Å². The third-order valence-corrected chi connectivity index (χ3v) is 2.24. The molecule has 0 aliphatic rings. The predicted octanol–water partition coefficient (Wildman–Crippen LogP) is 1.87. The van der Waals surface area contributed by atoms with E-state index in [-0.39, 0.29) is 10.8 Å². The Balaban J connectivity index is 2.64. The second kappa shape index (κ2) is 3.78. The second-order valence-corrected chi connectivity index (χ2v) is 3.13. The van der Waals surface area contributed by atoms with Crippen molar-refractivity contribution in [3.05, 3.63) is 41.2 Å². The summed E-state index contributed by atoms with van der Waals surface area (Å²) in [7, 11) is 0. The van der Waals surface area contributed by atoms with Crippen molar-refractivity contribution in [3.63, 3.8) is 0 Å². The quantitative estimate of drug-likeness (QED) is 0.733. The molecule has 6 heteroatoms. The van der Waals surface area contributed by atoms with Crippen molar-refractivity contribution >= 4 is 17.9 Å². The zero-order chi connectivity index (χ0) is 10.8. The highest BCUT2D eigenvalue weighted by Crippen LogP contribution is 2.23. The molecule has 0 bridgehead atoms. The minimum Gasteiger partial charge on any atom is -0.294 e. The number of hydrogen-bond donors (Lipinski definition) is 0. The van der Waals surface area contributed by atoms with E-state index in [0.29, 0.717) is 12.0 Å². The highest BCUT2D eigenvalue weighted by Gasteiger charge is 2.11. The molecule has 2 aromatic rings. The van der Waals surface area contributed by atoms with E-state index >= 15 is 0 Å². The summed E-state index contributed by atoms with van der Waals surface area (Å²) in [6.07, 6.45) is 1.82. The number of halogens is 2. The van der Waals surface area contributed by atoms with Gasteiger partial charge in [-0.3, -0.25) is 9.36 Å². The fourth-order valence-corrected chi connectivity index (χ4v) is 1.41. The van der Waals surface area contributed by atoms with Gasteiger partial charge in [0.05, 0.1) is 5.69 Å². The van der Waals surface area contributed by atoms with E-state index in [1.54, 1.807) is 6.07 Å². The molecule has 1 heterocycles. The van der Waals surface area contributed by atoms with Crippen molar-refractivity contribution in [2.45, 2.75) is 0 Å². The van der Waals surface area contributed by atoms with E-state index in [4.69, 9.17) is 11.6 Å². The van der Waals surface area contributed by atoms with E-state index < -0.39 is 5.82 Å². The molecule has 0 radical (unpaired) electrons. The zero-order valence-electron chi connectivity index (χ0n) is 7.39. The number of carbonyl (C=O) groups excluding carboxylic acids is 1. The molecule has 15 heavy (non-hydrogen) atoms. The molecule has 1 aromatic heterocycles. The molecule has 0 saturated carbocycles. The summed E-state index contributed by atoms with van der Waals surface area (Å²) in [6, 6.07) is 4.30. The Morgan fingerprint density at radius 1 is 1.47 bits per heavy atom. The fourth-order valence-electron chi connectivity index (χ4n) is 1.19. The van der Waals surface area contributed by atoms with Gasteiger partial charge in [0.15, 0.2) is 6.29 Å². The van der Waals surface area contributed by atoms with Crippen LogP contribution < -0.4 is 0 Å². The molecule has 0 saturated heterocycles. The first-order valence-corrected chi connectivity index (χ1v) is 4.41. The van der Waals surface area contributed by atoms with Crippen LogP contribution in [0.5, 0.6) is 0 Å². The first-order valence-electron chi connectivity index (χ1n) is 4.03. The van der Waals surface area contributed by atoms with Gasteiger partial charge in [0, 0.05) is 0 Å². The van der Waals surface area contributed by atoms with Gasteiger partial charge in [-0.1, -0.05) is 17.7 Å². The van der Waals surface area contributed by atoms with E-state index in [0.717, 1.165) is 0 Å². The van der Waals surface area contributed by atoms with Crippen molar-refractivity contribution in [1.82, 2.24) is 14.8 Å². The Hall–Kier alpha value is -1.75. The van der Waals surface area contributed by atoms with Crippen LogP contribution in [0.3, 0.4) is 0 Å². The van der Waals surface area contributed by atoms with Crippen LogP contribution in [0, 0.1) is 5.82 Å². The molecular formula is C9H5ClFN3O. The first-order chi connectivity index (χ1) is 7.24. The molecule has 0 unspecified atom stereocenters. The van der Waals surface area contributed by atoms with Gasteiger partial charge in [0.1, 0.15) is 17.2 Å². The summed E-state index contributed by atoms with van der Waals surface area (Å²) < 4.78 is 14.5. The lowest BCUT2D eigenvalue weighted by Gasteiger charge is -2.05. The van der Waals surface area contributed by atoms with Crippen LogP contribution in [0.1, 0.15) is 10.6 Å². The van der Waals surface area contributed by atoms with E-state index in [9.17, 15) is 9.18 Å². The van der Waals surface area contributed by atoms with Crippen molar-refractivity contribution in [3.8, 4) is 5.69 Å². The minimum absolute atomic E-state index is 0.0691. The number of carbonyl (C=O) groups is 1. The average molecular weight is 226 g/mol. The molecule has 4 nitrogen and oxygen atoms in total. The van der Waals surface area contributed by atoms with Crippen LogP contribution in [0.2, 0.25) is 5.02 Å². The highest BCUT2D eigenvalue weighted by molar-refractivity contribution is 6.32. The highest BCUT2D eigenvalue weighted by atomic mass is 35.5. The monoisotopic (exact) mass is 225 g/mol. The van der Waals surface area contributed by atoms with E-state index in [2.05, 4.69) is 10.2 Å². The number of rotatable bonds is 2. The van der Waals surface area contributed by atoms with Crippen LogP contribution in [0.4, 0.5) is 4.39 Å². The smallest absolute Gasteiger partial charge is 0.201 e. The fraction of sp³-hybridized carbons (Fsp3) is 0. The largest absolute Gasteiger partial charge is 0.294 e. The van der Waals surface area contributed by atoms with Gasteiger partial charge in [-0.05, 0) is 12.1 Å². The number of hydrogen-bond acceptors (Lipinski definition) is 3. The zero-order valence-corrected chi connectivity index (χ0v) is 8.15. The molecule has 0 aliphatic carbocycles. The van der Waals surface area contributed by atoms with E-state index in [1.165, 1.54) is 23.0 Å². The van der Waals surface area contributed by atoms with Gasteiger partial charge in [-0.25, -0.2) is 4.39 Å². The average Bonchev–Trinajstić information content (AvgIpc) is 2.70. The van der Waals surface area contributed by atoms with Gasteiger partial charge < -0.3 is 0 Å². The summed E-state index contributed by atoms with van der Waals surface area (Å²) in [5.41, 5.74) is 0.337. The van der Waals surface area contributed by atoms with Gasteiger partial charge in [-0.15, -0.1) is 10.2 Å². The molecule has 1 aromatic carbocycles. The molecule has 0 N–H and O–H groups in total. The lowest BCUT2D eigenvalue weighted by Crippen LogP contribution is -2.00. The molecule has 0 fully saturated rings. The Bertz CT molecular complexity index is 512. The first kappa shape index (κ1) is 9.79. The topological polar surface area (TPSA) is 47.8 Å². The van der Waals surface area contributed by atoms with Crippen LogP contribution >= 0.6 is 11.6 Å². The summed E-state index contributed by atoms with van der Waals surface area (Å²) >= 11 is 5.75. The summed E-state index contributed by atoms with van der Waals surface area (Å²) in [5.74, 6) is -0.484. The van der Waals surface area contributed by atoms with E-state index in [1.807, 2.05) is 0 Å². The predicted molar refractivity (Wildman–Crippen MR) is 51.7 cm³/mol. The molecule has 0 atom stereocenters. The Morgan fingerprint density at radius 3 is 3.00 bits per heavy atom. The summed E-state index contributed by atoms with van der Waals surface area (Å²) in [5, 5.41) is 7.02. The maximum Gasteiger partial charge on any atom is 0.201 e. The van der Waals surface area contributed by atoms with Crippen LogP contribution in [-0.2, 0) is 0 Å². The standard InChI is InChI=1S/C9H5ClFN3O/c10-9-6(11)2-1-3-7(9)14-5-12-13-8(14)4-15/h1-5H. The molecule has 0 spiro atoms. The normalized spacial score (nSPS) is 10.3.